The van der Waals surface area contributed by atoms with Crippen molar-refractivity contribution in [1.29, 1.82) is 0 Å². The lowest BCUT2D eigenvalue weighted by Gasteiger charge is -2.19. The molecular weight excluding hydrogens is 294 g/mol. The second-order valence-corrected chi connectivity index (χ2v) is 5.72. The van der Waals surface area contributed by atoms with E-state index in [4.69, 9.17) is 5.73 Å². The van der Waals surface area contributed by atoms with Gasteiger partial charge in [0.05, 0.1) is 0 Å². The normalized spacial score (nSPS) is 12.6. The quantitative estimate of drug-likeness (QED) is 0.836. The minimum Gasteiger partial charge on any atom is -0.398 e. The third-order valence-corrected chi connectivity index (χ3v) is 3.13. The maximum absolute atomic E-state index is 12.2. The lowest BCUT2D eigenvalue weighted by molar-refractivity contribution is 0.0933. The number of benzene rings is 1. The fraction of sp³-hybridized carbons (Fsp3) is 0.462. The van der Waals surface area contributed by atoms with Gasteiger partial charge >= 0.3 is 0 Å². The molecule has 0 aliphatic heterocycles. The van der Waals surface area contributed by atoms with Crippen molar-refractivity contribution < 1.29 is 4.79 Å². The van der Waals surface area contributed by atoms with Crippen LogP contribution < -0.4 is 11.1 Å². The monoisotopic (exact) mass is 313 g/mol. The number of nitrogens with two attached hydrogens (primary N) is 1. The summed E-state index contributed by atoms with van der Waals surface area (Å²) < 4.78 is 0.816. The molecule has 3 N–H and O–H groups in total. The number of nitrogens with zero attached hydrogens (tertiary/aromatic N) is 1. The van der Waals surface area contributed by atoms with Crippen LogP contribution in [0.1, 0.15) is 22.8 Å². The van der Waals surface area contributed by atoms with E-state index in [0.29, 0.717) is 11.3 Å². The van der Waals surface area contributed by atoms with Crippen LogP contribution in [0.2, 0.25) is 0 Å². The first-order chi connectivity index (χ1) is 8.31. The molecule has 18 heavy (non-hydrogen) atoms. The molecule has 0 aromatic heterocycles. The van der Waals surface area contributed by atoms with E-state index in [0.717, 1.165) is 16.6 Å². The molecule has 0 saturated heterocycles. The molecule has 5 heteroatoms. The van der Waals surface area contributed by atoms with Gasteiger partial charge in [0.15, 0.2) is 0 Å². The molecule has 0 aliphatic carbocycles. The Balaban J connectivity index is 2.85. The van der Waals surface area contributed by atoms with Gasteiger partial charge < -0.3 is 16.0 Å². The highest BCUT2D eigenvalue weighted by molar-refractivity contribution is 9.10. The standard InChI is InChI=1S/C13H20BrN3O/c1-8(7-17(3)4)16-13(18)11-5-10(14)6-12(15)9(11)2/h5-6,8H,7,15H2,1-4H3,(H,16,18). The van der Waals surface area contributed by atoms with Gasteiger partial charge in [-0.2, -0.15) is 0 Å². The number of carbonyl (C=O) groups is 1. The zero-order valence-corrected chi connectivity index (χ0v) is 12.8. The van der Waals surface area contributed by atoms with Gasteiger partial charge in [0, 0.05) is 28.3 Å². The fourth-order valence-electron chi connectivity index (χ4n) is 1.83. The van der Waals surface area contributed by atoms with Gasteiger partial charge in [-0.3, -0.25) is 4.79 Å². The molecule has 0 aliphatic rings. The number of anilines is 1. The maximum atomic E-state index is 12.2. The number of rotatable bonds is 4. The smallest absolute Gasteiger partial charge is 0.251 e. The summed E-state index contributed by atoms with van der Waals surface area (Å²) in [6, 6.07) is 3.69. The highest BCUT2D eigenvalue weighted by atomic mass is 79.9. The molecule has 0 radical (unpaired) electrons. The zero-order chi connectivity index (χ0) is 13.9. The Morgan fingerprint density at radius 2 is 2.11 bits per heavy atom. The van der Waals surface area contributed by atoms with E-state index in [2.05, 4.69) is 21.2 Å². The SMILES string of the molecule is Cc1c(N)cc(Br)cc1C(=O)NC(C)CN(C)C. The molecule has 100 valence electrons. The Bertz CT molecular complexity index is 446. The Morgan fingerprint density at radius 3 is 2.67 bits per heavy atom. The molecule has 0 bridgehead atoms. The van der Waals surface area contributed by atoms with Crippen molar-refractivity contribution in [3.05, 3.63) is 27.7 Å². The topological polar surface area (TPSA) is 58.4 Å². The van der Waals surface area contributed by atoms with E-state index in [1.165, 1.54) is 0 Å². The van der Waals surface area contributed by atoms with E-state index in [9.17, 15) is 4.79 Å². The van der Waals surface area contributed by atoms with Crippen molar-refractivity contribution in [2.24, 2.45) is 0 Å². The van der Waals surface area contributed by atoms with Crippen LogP contribution in [0.4, 0.5) is 5.69 Å². The molecule has 1 aromatic rings. The van der Waals surface area contributed by atoms with Gasteiger partial charge in [-0.05, 0) is 45.6 Å². The van der Waals surface area contributed by atoms with Crippen LogP contribution >= 0.6 is 15.9 Å². The van der Waals surface area contributed by atoms with Gasteiger partial charge in [-0.1, -0.05) is 15.9 Å². The van der Waals surface area contributed by atoms with Crippen LogP contribution in [0.3, 0.4) is 0 Å². The van der Waals surface area contributed by atoms with Crippen molar-refractivity contribution in [1.82, 2.24) is 10.2 Å². The molecule has 0 saturated carbocycles. The van der Waals surface area contributed by atoms with Gasteiger partial charge in [0.25, 0.3) is 5.91 Å². The average molecular weight is 314 g/mol. The number of hydrogen-bond donors (Lipinski definition) is 2. The second kappa shape index (κ2) is 6.20. The van der Waals surface area contributed by atoms with Crippen molar-refractivity contribution in [2.75, 3.05) is 26.4 Å². The number of carbonyl (C=O) groups excluding carboxylic acids is 1. The van der Waals surface area contributed by atoms with Crippen LogP contribution in [0, 0.1) is 6.92 Å². The fourth-order valence-corrected chi connectivity index (χ4v) is 2.31. The van der Waals surface area contributed by atoms with Crippen molar-refractivity contribution in [2.45, 2.75) is 19.9 Å². The lowest BCUT2D eigenvalue weighted by atomic mass is 10.1. The van der Waals surface area contributed by atoms with Crippen molar-refractivity contribution >= 4 is 27.5 Å². The number of likely N-dealkylation sites (N-methyl/N-ethyl adjacent to an activating group) is 1. The maximum Gasteiger partial charge on any atom is 0.251 e. The molecule has 1 rings (SSSR count). The summed E-state index contributed by atoms with van der Waals surface area (Å²) in [6.07, 6.45) is 0. The first kappa shape index (κ1) is 15.0. The summed E-state index contributed by atoms with van der Waals surface area (Å²) in [4.78, 5) is 14.2. The molecule has 0 spiro atoms. The van der Waals surface area contributed by atoms with E-state index < -0.39 is 0 Å². The Kier molecular flexibility index (Phi) is 5.16. The third-order valence-electron chi connectivity index (χ3n) is 2.67. The summed E-state index contributed by atoms with van der Waals surface area (Å²) >= 11 is 3.35. The molecule has 1 amide bonds. The van der Waals surface area contributed by atoms with E-state index in [-0.39, 0.29) is 11.9 Å². The zero-order valence-electron chi connectivity index (χ0n) is 11.2. The van der Waals surface area contributed by atoms with Crippen LogP contribution in [0.5, 0.6) is 0 Å². The Labute approximate surface area is 117 Å². The summed E-state index contributed by atoms with van der Waals surface area (Å²) in [6.45, 7) is 4.64. The highest BCUT2D eigenvalue weighted by Crippen LogP contribution is 2.22. The average Bonchev–Trinajstić information content (AvgIpc) is 2.21. The highest BCUT2D eigenvalue weighted by Gasteiger charge is 2.14. The molecule has 0 fully saturated rings. The summed E-state index contributed by atoms with van der Waals surface area (Å²) in [5.41, 5.74) is 7.90. The molecule has 1 aromatic carbocycles. The number of nitrogens with one attached hydrogen (secondary N) is 1. The summed E-state index contributed by atoms with van der Waals surface area (Å²) in [5.74, 6) is -0.0881. The van der Waals surface area contributed by atoms with Crippen LogP contribution in [-0.2, 0) is 0 Å². The van der Waals surface area contributed by atoms with E-state index in [1.807, 2.05) is 32.8 Å². The Morgan fingerprint density at radius 1 is 1.50 bits per heavy atom. The van der Waals surface area contributed by atoms with E-state index >= 15 is 0 Å². The molecule has 0 heterocycles. The van der Waals surface area contributed by atoms with Crippen LogP contribution in [0.15, 0.2) is 16.6 Å². The predicted molar refractivity (Wildman–Crippen MR) is 78.8 cm³/mol. The summed E-state index contributed by atoms with van der Waals surface area (Å²) in [5, 5.41) is 2.97. The number of amides is 1. The summed E-state index contributed by atoms with van der Waals surface area (Å²) in [7, 11) is 3.95. The first-order valence-electron chi connectivity index (χ1n) is 5.82. The first-order valence-corrected chi connectivity index (χ1v) is 6.61. The number of nitrogen functional groups attached to an aromatic ring is 1. The van der Waals surface area contributed by atoms with Crippen LogP contribution in [-0.4, -0.2) is 37.5 Å². The van der Waals surface area contributed by atoms with Gasteiger partial charge in [0.2, 0.25) is 0 Å². The number of hydrogen-bond acceptors (Lipinski definition) is 3. The molecule has 4 nitrogen and oxygen atoms in total. The van der Waals surface area contributed by atoms with Gasteiger partial charge in [-0.25, -0.2) is 0 Å². The molecular formula is C13H20BrN3O. The lowest BCUT2D eigenvalue weighted by Crippen LogP contribution is -2.39. The van der Waals surface area contributed by atoms with E-state index in [1.54, 1.807) is 12.1 Å². The van der Waals surface area contributed by atoms with Crippen molar-refractivity contribution in [3.63, 3.8) is 0 Å². The van der Waals surface area contributed by atoms with Gasteiger partial charge in [0.1, 0.15) is 0 Å². The van der Waals surface area contributed by atoms with Crippen molar-refractivity contribution in [3.8, 4) is 0 Å². The predicted octanol–water partition coefficient (Wildman–Crippen LogP) is 2.02. The van der Waals surface area contributed by atoms with Gasteiger partial charge in [-0.15, -0.1) is 0 Å². The minimum atomic E-state index is -0.0881. The molecule has 1 atom stereocenters. The Hall–Kier alpha value is -1.07. The largest absolute Gasteiger partial charge is 0.398 e. The minimum absolute atomic E-state index is 0.0881. The second-order valence-electron chi connectivity index (χ2n) is 4.80. The van der Waals surface area contributed by atoms with Crippen LogP contribution in [0.25, 0.3) is 0 Å². The molecule has 1 unspecified atom stereocenters. The number of halogens is 1. The third kappa shape index (κ3) is 3.99.